The Morgan fingerprint density at radius 1 is 1.19 bits per heavy atom. The predicted octanol–water partition coefficient (Wildman–Crippen LogP) is 2.60. The van der Waals surface area contributed by atoms with Crippen molar-refractivity contribution < 1.29 is 8.78 Å². The molecule has 1 aromatic rings. The van der Waals surface area contributed by atoms with E-state index < -0.39 is 11.6 Å². The van der Waals surface area contributed by atoms with Gasteiger partial charge in [-0.1, -0.05) is 12.2 Å². The summed E-state index contributed by atoms with van der Waals surface area (Å²) in [5.41, 5.74) is -0.0327. The van der Waals surface area contributed by atoms with Gasteiger partial charge in [-0.15, -0.1) is 0 Å². The molecule has 0 N–H and O–H groups in total. The molecule has 82 valence electrons. The average Bonchev–Trinajstić information content (AvgIpc) is 2.34. The van der Waals surface area contributed by atoms with Crippen molar-refractivity contribution in [2.45, 2.75) is 6.42 Å². The van der Waals surface area contributed by atoms with Crippen LogP contribution in [0.15, 0.2) is 24.3 Å². The summed E-state index contributed by atoms with van der Waals surface area (Å²) < 4.78 is 27.0. The number of nitriles is 1. The summed E-state index contributed by atoms with van der Waals surface area (Å²) in [5, 5.41) is 8.56. The van der Waals surface area contributed by atoms with Crippen molar-refractivity contribution in [3.8, 4) is 6.07 Å². The number of nitrogens with zero attached hydrogens (tertiary/aromatic N) is 2. The molecule has 0 aliphatic carbocycles. The lowest BCUT2D eigenvalue weighted by Gasteiger charge is -2.26. The molecule has 0 atom stereocenters. The maximum atomic E-state index is 13.6. The van der Waals surface area contributed by atoms with Crippen molar-refractivity contribution in [2.75, 3.05) is 18.0 Å². The summed E-state index contributed by atoms with van der Waals surface area (Å²) in [7, 11) is 0. The van der Waals surface area contributed by atoms with E-state index >= 15 is 0 Å². The van der Waals surface area contributed by atoms with E-state index in [-0.39, 0.29) is 11.3 Å². The van der Waals surface area contributed by atoms with Gasteiger partial charge in [0.1, 0.15) is 6.07 Å². The Hall–Kier alpha value is -1.89. The first-order valence-corrected chi connectivity index (χ1v) is 5.02. The highest BCUT2D eigenvalue weighted by atomic mass is 19.2. The van der Waals surface area contributed by atoms with E-state index in [1.807, 2.05) is 12.2 Å². The fraction of sp³-hybridized carbons (Fsp3) is 0.250. The number of hydrogen-bond acceptors (Lipinski definition) is 2. The number of benzene rings is 1. The molecule has 0 radical (unpaired) electrons. The first-order chi connectivity index (χ1) is 7.74. The highest BCUT2D eigenvalue weighted by molar-refractivity contribution is 5.52. The van der Waals surface area contributed by atoms with Gasteiger partial charge in [0.25, 0.3) is 0 Å². The van der Waals surface area contributed by atoms with Crippen LogP contribution in [0.25, 0.3) is 0 Å². The molecule has 0 saturated carbocycles. The Morgan fingerprint density at radius 2 is 2.00 bits per heavy atom. The van der Waals surface area contributed by atoms with Gasteiger partial charge in [-0.25, -0.2) is 8.78 Å². The van der Waals surface area contributed by atoms with Crippen LogP contribution in [0.5, 0.6) is 0 Å². The molecule has 0 saturated heterocycles. The Morgan fingerprint density at radius 3 is 2.62 bits per heavy atom. The molecule has 0 unspecified atom stereocenters. The van der Waals surface area contributed by atoms with Crippen LogP contribution in [-0.4, -0.2) is 13.1 Å². The monoisotopic (exact) mass is 220 g/mol. The van der Waals surface area contributed by atoms with Crippen LogP contribution in [0, 0.1) is 23.0 Å². The van der Waals surface area contributed by atoms with Crippen LogP contribution in [0.3, 0.4) is 0 Å². The molecular weight excluding hydrogens is 210 g/mol. The van der Waals surface area contributed by atoms with Crippen LogP contribution >= 0.6 is 0 Å². The van der Waals surface area contributed by atoms with Crippen molar-refractivity contribution in [1.29, 1.82) is 5.26 Å². The average molecular weight is 220 g/mol. The van der Waals surface area contributed by atoms with E-state index in [1.165, 1.54) is 12.1 Å². The standard InChI is InChI=1S/C12H10F2N2/c13-11-9(8-15)4-5-10(12(11)14)16-6-2-1-3-7-16/h1-2,4-5H,3,6-7H2. The van der Waals surface area contributed by atoms with E-state index in [9.17, 15) is 8.78 Å². The predicted molar refractivity (Wildman–Crippen MR) is 57.0 cm³/mol. The van der Waals surface area contributed by atoms with Crippen molar-refractivity contribution in [2.24, 2.45) is 0 Å². The van der Waals surface area contributed by atoms with Gasteiger partial charge in [-0.2, -0.15) is 5.26 Å². The van der Waals surface area contributed by atoms with Gasteiger partial charge in [0.15, 0.2) is 11.6 Å². The minimum Gasteiger partial charge on any atom is -0.365 e. The summed E-state index contributed by atoms with van der Waals surface area (Å²) in [6, 6.07) is 4.38. The van der Waals surface area contributed by atoms with Gasteiger partial charge in [-0.3, -0.25) is 0 Å². The smallest absolute Gasteiger partial charge is 0.183 e. The lowest BCUT2D eigenvalue weighted by atomic mass is 10.1. The molecule has 1 aliphatic heterocycles. The van der Waals surface area contributed by atoms with E-state index in [1.54, 1.807) is 11.0 Å². The lowest BCUT2D eigenvalue weighted by molar-refractivity contribution is 0.504. The minimum atomic E-state index is -1.06. The maximum absolute atomic E-state index is 13.6. The maximum Gasteiger partial charge on any atom is 0.183 e. The molecule has 1 aliphatic rings. The Bertz CT molecular complexity index is 475. The molecule has 1 heterocycles. The highest BCUT2D eigenvalue weighted by Gasteiger charge is 2.18. The third kappa shape index (κ3) is 1.76. The molecule has 0 spiro atoms. The molecule has 16 heavy (non-hydrogen) atoms. The summed E-state index contributed by atoms with van der Waals surface area (Å²) >= 11 is 0. The van der Waals surface area contributed by atoms with Crippen LogP contribution in [-0.2, 0) is 0 Å². The van der Waals surface area contributed by atoms with Gasteiger partial charge in [-0.05, 0) is 18.6 Å². The van der Waals surface area contributed by atoms with Crippen molar-refractivity contribution in [1.82, 2.24) is 0 Å². The van der Waals surface area contributed by atoms with Gasteiger partial charge in [0, 0.05) is 13.1 Å². The van der Waals surface area contributed by atoms with Crippen LogP contribution in [0.2, 0.25) is 0 Å². The van der Waals surface area contributed by atoms with E-state index in [4.69, 9.17) is 5.26 Å². The second-order valence-corrected chi connectivity index (χ2v) is 3.58. The van der Waals surface area contributed by atoms with Crippen LogP contribution in [0.1, 0.15) is 12.0 Å². The number of hydrogen-bond donors (Lipinski definition) is 0. The third-order valence-electron chi connectivity index (χ3n) is 2.58. The molecule has 0 aromatic heterocycles. The molecule has 1 aromatic carbocycles. The van der Waals surface area contributed by atoms with Gasteiger partial charge in [0.2, 0.25) is 0 Å². The molecule has 2 nitrogen and oxygen atoms in total. The first-order valence-electron chi connectivity index (χ1n) is 5.02. The second kappa shape index (κ2) is 4.31. The van der Waals surface area contributed by atoms with Gasteiger partial charge < -0.3 is 4.90 Å². The molecular formula is C12H10F2N2. The van der Waals surface area contributed by atoms with E-state index in [0.717, 1.165) is 6.42 Å². The van der Waals surface area contributed by atoms with Crippen molar-refractivity contribution in [3.05, 3.63) is 41.5 Å². The quantitative estimate of drug-likeness (QED) is 0.680. The zero-order valence-electron chi connectivity index (χ0n) is 8.58. The van der Waals surface area contributed by atoms with E-state index in [2.05, 4.69) is 0 Å². The number of rotatable bonds is 1. The lowest BCUT2D eigenvalue weighted by Crippen LogP contribution is -2.27. The van der Waals surface area contributed by atoms with Gasteiger partial charge in [0.05, 0.1) is 11.3 Å². The van der Waals surface area contributed by atoms with Crippen LogP contribution < -0.4 is 4.90 Å². The molecule has 0 bridgehead atoms. The number of halogens is 2. The Kier molecular flexibility index (Phi) is 2.86. The number of anilines is 1. The molecule has 0 fully saturated rings. The molecule has 2 rings (SSSR count). The summed E-state index contributed by atoms with van der Waals surface area (Å²) in [4.78, 5) is 1.75. The summed E-state index contributed by atoms with van der Waals surface area (Å²) in [5.74, 6) is -2.00. The zero-order chi connectivity index (χ0) is 11.5. The Balaban J connectivity index is 2.39. The SMILES string of the molecule is N#Cc1ccc(N2CC=CCC2)c(F)c1F. The highest BCUT2D eigenvalue weighted by Crippen LogP contribution is 2.25. The van der Waals surface area contributed by atoms with E-state index in [0.29, 0.717) is 13.1 Å². The largest absolute Gasteiger partial charge is 0.365 e. The molecule has 4 heteroatoms. The first kappa shape index (κ1) is 10.6. The van der Waals surface area contributed by atoms with Crippen molar-refractivity contribution in [3.63, 3.8) is 0 Å². The zero-order valence-corrected chi connectivity index (χ0v) is 8.58. The summed E-state index contributed by atoms with van der Waals surface area (Å²) in [6.07, 6.45) is 4.74. The summed E-state index contributed by atoms with van der Waals surface area (Å²) in [6.45, 7) is 1.24. The normalized spacial score (nSPS) is 14.9. The Labute approximate surface area is 92.4 Å². The second-order valence-electron chi connectivity index (χ2n) is 3.58. The van der Waals surface area contributed by atoms with Crippen molar-refractivity contribution >= 4 is 5.69 Å². The minimum absolute atomic E-state index is 0.223. The topological polar surface area (TPSA) is 27.0 Å². The fourth-order valence-corrected chi connectivity index (χ4v) is 1.73. The molecule has 0 amide bonds. The fourth-order valence-electron chi connectivity index (χ4n) is 1.73. The third-order valence-corrected chi connectivity index (χ3v) is 2.58. The van der Waals surface area contributed by atoms with Gasteiger partial charge >= 0.3 is 0 Å². The van der Waals surface area contributed by atoms with Crippen LogP contribution in [0.4, 0.5) is 14.5 Å².